The molecule has 18 heavy (non-hydrogen) atoms. The average molecular weight is 262 g/mol. The monoisotopic (exact) mass is 262 g/mol. The van der Waals surface area contributed by atoms with Crippen molar-refractivity contribution >= 4 is 12.1 Å². The molecule has 7 heteroatoms. The maximum atomic E-state index is 11.1. The Morgan fingerprint density at radius 2 is 2.11 bits per heavy atom. The van der Waals surface area contributed by atoms with Gasteiger partial charge < -0.3 is 29.6 Å². The number of hydrogen-bond donors (Lipinski definition) is 3. The number of aliphatic hydroxyl groups is 3. The van der Waals surface area contributed by atoms with Crippen LogP contribution in [0.3, 0.4) is 0 Å². The van der Waals surface area contributed by atoms with Gasteiger partial charge in [-0.1, -0.05) is 0 Å². The highest BCUT2D eigenvalue weighted by molar-refractivity contribution is 5.80. The molecule has 0 bridgehead atoms. The van der Waals surface area contributed by atoms with E-state index < -0.39 is 43.2 Å². The Balaban J connectivity index is 2.85. The van der Waals surface area contributed by atoms with Crippen molar-refractivity contribution in [2.75, 3.05) is 6.61 Å². The summed E-state index contributed by atoms with van der Waals surface area (Å²) < 4.78 is 10.2. The lowest BCUT2D eigenvalue weighted by atomic mass is 9.91. The summed E-state index contributed by atoms with van der Waals surface area (Å²) >= 11 is 0. The van der Waals surface area contributed by atoms with Gasteiger partial charge in [0.2, 0.25) is 0 Å². The Morgan fingerprint density at radius 3 is 2.56 bits per heavy atom. The zero-order chi connectivity index (χ0) is 13.9. The van der Waals surface area contributed by atoms with Crippen LogP contribution in [0, 0.1) is 5.92 Å². The first-order valence-corrected chi connectivity index (χ1v) is 5.66. The van der Waals surface area contributed by atoms with Gasteiger partial charge in [0.15, 0.2) is 12.1 Å². The third-order valence-corrected chi connectivity index (χ3v) is 3.01. The van der Waals surface area contributed by atoms with Gasteiger partial charge in [0.05, 0.1) is 12.5 Å². The summed E-state index contributed by atoms with van der Waals surface area (Å²) in [4.78, 5) is 22.0. The Hall–Kier alpha value is -0.860. The van der Waals surface area contributed by atoms with E-state index in [4.69, 9.17) is 14.6 Å². The topological polar surface area (TPSA) is 113 Å². The normalized spacial score (nSPS) is 38.2. The minimum atomic E-state index is -1.48. The minimum absolute atomic E-state index is 0.270. The summed E-state index contributed by atoms with van der Waals surface area (Å²) in [6.07, 6.45) is -5.35. The van der Waals surface area contributed by atoms with E-state index in [0.29, 0.717) is 6.29 Å². The molecule has 1 heterocycles. The first kappa shape index (κ1) is 15.2. The minimum Gasteiger partial charge on any atom is -0.394 e. The number of rotatable bonds is 5. The zero-order valence-electron chi connectivity index (χ0n) is 10.2. The summed E-state index contributed by atoms with van der Waals surface area (Å²) in [6.45, 7) is 2.26. The van der Waals surface area contributed by atoms with Crippen molar-refractivity contribution in [2.24, 2.45) is 5.92 Å². The molecular formula is C11H18O7. The molecular weight excluding hydrogens is 244 g/mol. The first-order valence-electron chi connectivity index (χ1n) is 5.66. The molecule has 1 aliphatic rings. The number of Topliss-reactive ketones (excluding diaryl/α,β-unsaturated/α-hetero) is 1. The van der Waals surface area contributed by atoms with E-state index in [0.717, 1.165) is 0 Å². The predicted molar refractivity (Wildman–Crippen MR) is 58.5 cm³/mol. The van der Waals surface area contributed by atoms with Gasteiger partial charge in [-0.05, 0) is 13.8 Å². The van der Waals surface area contributed by atoms with Crippen molar-refractivity contribution < 1.29 is 34.4 Å². The molecule has 0 aromatic heterocycles. The molecule has 0 saturated carbocycles. The van der Waals surface area contributed by atoms with Gasteiger partial charge in [0.1, 0.15) is 30.7 Å². The lowest BCUT2D eigenvalue weighted by Crippen LogP contribution is -2.58. The van der Waals surface area contributed by atoms with Crippen LogP contribution in [0.1, 0.15) is 13.8 Å². The zero-order valence-corrected chi connectivity index (χ0v) is 10.2. The van der Waals surface area contributed by atoms with Gasteiger partial charge in [-0.2, -0.15) is 0 Å². The van der Waals surface area contributed by atoms with Crippen LogP contribution in [-0.4, -0.2) is 64.7 Å². The maximum Gasteiger partial charge on any atom is 0.167 e. The summed E-state index contributed by atoms with van der Waals surface area (Å²) in [5.74, 6) is -1.38. The highest BCUT2D eigenvalue weighted by Gasteiger charge is 2.46. The first-order chi connectivity index (χ1) is 8.42. The maximum absolute atomic E-state index is 11.1. The molecule has 0 aromatic carbocycles. The van der Waals surface area contributed by atoms with E-state index in [9.17, 15) is 19.8 Å². The van der Waals surface area contributed by atoms with Gasteiger partial charge in [-0.15, -0.1) is 0 Å². The fourth-order valence-corrected chi connectivity index (χ4v) is 1.75. The molecule has 1 saturated heterocycles. The number of hydrogen-bond acceptors (Lipinski definition) is 7. The van der Waals surface area contributed by atoms with Crippen molar-refractivity contribution in [2.45, 2.75) is 44.6 Å². The molecule has 0 radical (unpaired) electrons. The quantitative estimate of drug-likeness (QED) is 0.503. The Morgan fingerprint density at radius 1 is 1.50 bits per heavy atom. The van der Waals surface area contributed by atoms with Crippen molar-refractivity contribution in [3.63, 3.8) is 0 Å². The van der Waals surface area contributed by atoms with Crippen LogP contribution in [-0.2, 0) is 19.1 Å². The number of aldehydes is 1. The van der Waals surface area contributed by atoms with Crippen molar-refractivity contribution in [1.82, 2.24) is 0 Å². The second-order valence-electron chi connectivity index (χ2n) is 4.31. The molecule has 1 rings (SSSR count). The number of carbonyl (C=O) groups excluding carboxylic acids is 2. The van der Waals surface area contributed by atoms with Crippen molar-refractivity contribution in [3.05, 3.63) is 0 Å². The Kier molecular flexibility index (Phi) is 5.36. The number of aliphatic hydroxyl groups excluding tert-OH is 3. The molecule has 1 aliphatic heterocycles. The van der Waals surface area contributed by atoms with E-state index in [-0.39, 0.29) is 5.78 Å². The Labute approximate surface area is 104 Å². The van der Waals surface area contributed by atoms with E-state index in [2.05, 4.69) is 0 Å². The molecule has 0 aromatic rings. The lowest BCUT2D eigenvalue weighted by Gasteiger charge is -2.40. The summed E-state index contributed by atoms with van der Waals surface area (Å²) in [5.41, 5.74) is 0. The average Bonchev–Trinajstić information content (AvgIpc) is 2.33. The van der Waals surface area contributed by atoms with Crippen LogP contribution in [0.5, 0.6) is 0 Å². The third kappa shape index (κ3) is 3.12. The van der Waals surface area contributed by atoms with Crippen molar-refractivity contribution in [1.29, 1.82) is 0 Å². The molecule has 6 atom stereocenters. The molecule has 4 unspecified atom stereocenters. The van der Waals surface area contributed by atoms with Gasteiger partial charge in [-0.25, -0.2) is 0 Å². The summed E-state index contributed by atoms with van der Waals surface area (Å²) in [7, 11) is 0. The SMILES string of the molecule is CC(=O)C(C)OC1C(C=O)[C@@H](O)OC(CO)[C@H]1O. The lowest BCUT2D eigenvalue weighted by molar-refractivity contribution is -0.273. The second kappa shape index (κ2) is 6.35. The van der Waals surface area contributed by atoms with Crippen LogP contribution >= 0.6 is 0 Å². The van der Waals surface area contributed by atoms with Crippen LogP contribution in [0.4, 0.5) is 0 Å². The molecule has 0 amide bonds. The second-order valence-corrected chi connectivity index (χ2v) is 4.31. The number of ketones is 1. The van der Waals surface area contributed by atoms with Crippen molar-refractivity contribution in [3.8, 4) is 0 Å². The molecule has 7 nitrogen and oxygen atoms in total. The predicted octanol–water partition coefficient (Wildman–Crippen LogP) is -1.77. The van der Waals surface area contributed by atoms with Gasteiger partial charge in [0.25, 0.3) is 0 Å². The number of ether oxygens (including phenoxy) is 2. The fourth-order valence-electron chi connectivity index (χ4n) is 1.75. The van der Waals surface area contributed by atoms with Crippen LogP contribution in [0.15, 0.2) is 0 Å². The smallest absolute Gasteiger partial charge is 0.167 e. The van der Waals surface area contributed by atoms with E-state index in [1.54, 1.807) is 0 Å². The molecule has 0 aliphatic carbocycles. The molecule has 0 spiro atoms. The standard InChI is InChI=1S/C11H18O7/c1-5(14)6(2)17-10-7(3-12)11(16)18-8(4-13)9(10)15/h3,6-11,13,15-16H,4H2,1-2H3/t6?,7?,8?,9-,10?,11+/m1/s1. The Bertz CT molecular complexity index is 306. The van der Waals surface area contributed by atoms with E-state index in [1.165, 1.54) is 13.8 Å². The van der Waals surface area contributed by atoms with Crippen LogP contribution in [0.25, 0.3) is 0 Å². The number of carbonyl (C=O) groups is 2. The van der Waals surface area contributed by atoms with Gasteiger partial charge >= 0.3 is 0 Å². The van der Waals surface area contributed by atoms with Gasteiger partial charge in [-0.3, -0.25) is 4.79 Å². The molecule has 104 valence electrons. The van der Waals surface area contributed by atoms with Crippen LogP contribution in [0.2, 0.25) is 0 Å². The third-order valence-electron chi connectivity index (χ3n) is 3.01. The molecule has 1 fully saturated rings. The highest BCUT2D eigenvalue weighted by Crippen LogP contribution is 2.27. The van der Waals surface area contributed by atoms with Gasteiger partial charge in [0, 0.05) is 0 Å². The van der Waals surface area contributed by atoms with E-state index >= 15 is 0 Å². The largest absolute Gasteiger partial charge is 0.394 e. The molecule has 3 N–H and O–H groups in total. The summed E-state index contributed by atoms with van der Waals surface area (Å²) in [5, 5.41) is 28.4. The fraction of sp³-hybridized carbons (Fsp3) is 0.818. The highest BCUT2D eigenvalue weighted by atomic mass is 16.6. The summed E-state index contributed by atoms with van der Waals surface area (Å²) in [6, 6.07) is 0. The van der Waals surface area contributed by atoms with E-state index in [1.807, 2.05) is 0 Å². The van der Waals surface area contributed by atoms with Crippen LogP contribution < -0.4 is 0 Å².